The van der Waals surface area contributed by atoms with Gasteiger partial charge in [-0.25, -0.2) is 4.98 Å². The van der Waals surface area contributed by atoms with Gasteiger partial charge in [-0.2, -0.15) is 0 Å². The first-order chi connectivity index (χ1) is 7.18. The van der Waals surface area contributed by atoms with E-state index in [0.717, 1.165) is 24.8 Å². The van der Waals surface area contributed by atoms with E-state index in [2.05, 4.69) is 27.1 Å². The summed E-state index contributed by atoms with van der Waals surface area (Å²) in [6.45, 7) is 3.23. The van der Waals surface area contributed by atoms with Crippen LogP contribution in [0, 0.1) is 0 Å². The van der Waals surface area contributed by atoms with Gasteiger partial charge < -0.3 is 10.2 Å². The maximum Gasteiger partial charge on any atom is 0.185 e. The SMILES string of the molecule is CN(C)c1ncc(C2CNCCN2C)s1. The second-order valence-corrected chi connectivity index (χ2v) is 5.18. The third-order valence-corrected chi connectivity index (χ3v) is 4.00. The Hall–Kier alpha value is -0.650. The first-order valence-electron chi connectivity index (χ1n) is 5.22. The van der Waals surface area contributed by atoms with Gasteiger partial charge in [0.25, 0.3) is 0 Å². The van der Waals surface area contributed by atoms with Crippen molar-refractivity contribution >= 4 is 16.5 Å². The number of hydrogen-bond acceptors (Lipinski definition) is 5. The van der Waals surface area contributed by atoms with Gasteiger partial charge in [0.15, 0.2) is 5.13 Å². The monoisotopic (exact) mass is 226 g/mol. The van der Waals surface area contributed by atoms with Crippen LogP contribution in [0.25, 0.3) is 0 Å². The van der Waals surface area contributed by atoms with Crippen molar-refractivity contribution in [2.24, 2.45) is 0 Å². The Bertz CT molecular complexity index is 323. The molecule has 1 N–H and O–H groups in total. The molecule has 5 heteroatoms. The van der Waals surface area contributed by atoms with Crippen LogP contribution in [0.2, 0.25) is 0 Å². The molecule has 2 rings (SSSR count). The second-order valence-electron chi connectivity index (χ2n) is 4.14. The molecule has 1 atom stereocenters. The first-order valence-corrected chi connectivity index (χ1v) is 6.04. The first kappa shape index (κ1) is 10.9. The van der Waals surface area contributed by atoms with Crippen molar-refractivity contribution in [3.05, 3.63) is 11.1 Å². The minimum Gasteiger partial charge on any atom is -0.354 e. The highest BCUT2D eigenvalue weighted by atomic mass is 32.1. The average molecular weight is 226 g/mol. The number of nitrogens with one attached hydrogen (secondary N) is 1. The molecule has 1 aromatic heterocycles. The Morgan fingerprint density at radius 2 is 2.40 bits per heavy atom. The third kappa shape index (κ3) is 2.30. The van der Waals surface area contributed by atoms with E-state index in [0.29, 0.717) is 6.04 Å². The Morgan fingerprint density at radius 1 is 1.60 bits per heavy atom. The van der Waals surface area contributed by atoms with E-state index in [1.165, 1.54) is 4.88 Å². The topological polar surface area (TPSA) is 31.4 Å². The predicted molar refractivity (Wildman–Crippen MR) is 64.7 cm³/mol. The zero-order chi connectivity index (χ0) is 10.8. The summed E-state index contributed by atoms with van der Waals surface area (Å²) in [5.41, 5.74) is 0. The molecule has 4 nitrogen and oxygen atoms in total. The smallest absolute Gasteiger partial charge is 0.185 e. The fourth-order valence-corrected chi connectivity index (χ4v) is 2.76. The summed E-state index contributed by atoms with van der Waals surface area (Å²) in [6, 6.07) is 0.491. The van der Waals surface area contributed by atoms with Crippen molar-refractivity contribution in [3.8, 4) is 0 Å². The molecule has 0 amide bonds. The second kappa shape index (κ2) is 4.47. The molecule has 0 aromatic carbocycles. The molecule has 1 saturated heterocycles. The molecular formula is C10H18N4S. The van der Waals surface area contributed by atoms with Crippen LogP contribution in [0.1, 0.15) is 10.9 Å². The summed E-state index contributed by atoms with van der Waals surface area (Å²) in [5, 5.41) is 4.51. The van der Waals surface area contributed by atoms with Crippen LogP contribution >= 0.6 is 11.3 Å². The van der Waals surface area contributed by atoms with Crippen LogP contribution < -0.4 is 10.2 Å². The number of anilines is 1. The van der Waals surface area contributed by atoms with Gasteiger partial charge in [-0.15, -0.1) is 11.3 Å². The highest BCUT2D eigenvalue weighted by molar-refractivity contribution is 7.15. The molecule has 0 aliphatic carbocycles. The fourth-order valence-electron chi connectivity index (χ4n) is 1.76. The van der Waals surface area contributed by atoms with Crippen LogP contribution in [-0.4, -0.2) is 50.7 Å². The quantitative estimate of drug-likeness (QED) is 0.808. The van der Waals surface area contributed by atoms with Crippen LogP contribution in [-0.2, 0) is 0 Å². The van der Waals surface area contributed by atoms with Crippen molar-refractivity contribution < 1.29 is 0 Å². The predicted octanol–water partition coefficient (Wildman–Crippen LogP) is 0.785. The van der Waals surface area contributed by atoms with Crippen LogP contribution in [0.15, 0.2) is 6.20 Å². The van der Waals surface area contributed by atoms with E-state index < -0.39 is 0 Å². The highest BCUT2D eigenvalue weighted by Gasteiger charge is 2.22. The normalized spacial score (nSPS) is 23.0. The zero-order valence-corrected chi connectivity index (χ0v) is 10.3. The van der Waals surface area contributed by atoms with Gasteiger partial charge in [0.1, 0.15) is 0 Å². The minimum absolute atomic E-state index is 0.491. The lowest BCUT2D eigenvalue weighted by molar-refractivity contribution is 0.205. The molecule has 0 bridgehead atoms. The van der Waals surface area contributed by atoms with Crippen molar-refractivity contribution in [1.82, 2.24) is 15.2 Å². The molecule has 15 heavy (non-hydrogen) atoms. The summed E-state index contributed by atoms with van der Waals surface area (Å²) in [6.07, 6.45) is 2.01. The third-order valence-electron chi connectivity index (χ3n) is 2.73. The van der Waals surface area contributed by atoms with Gasteiger partial charge in [0.2, 0.25) is 0 Å². The van der Waals surface area contributed by atoms with Crippen LogP contribution in [0.5, 0.6) is 0 Å². The average Bonchev–Trinajstić information content (AvgIpc) is 2.67. The zero-order valence-electron chi connectivity index (χ0n) is 9.53. The van der Waals surface area contributed by atoms with Crippen LogP contribution in [0.3, 0.4) is 0 Å². The number of aromatic nitrogens is 1. The summed E-state index contributed by atoms with van der Waals surface area (Å²) >= 11 is 1.78. The molecule has 1 aromatic rings. The Morgan fingerprint density at radius 3 is 3.00 bits per heavy atom. The number of piperazine rings is 1. The van der Waals surface area contributed by atoms with Gasteiger partial charge in [0.05, 0.1) is 6.04 Å². The maximum atomic E-state index is 4.42. The number of nitrogens with zero attached hydrogens (tertiary/aromatic N) is 3. The van der Waals surface area contributed by atoms with E-state index >= 15 is 0 Å². The Labute approximate surface area is 94.9 Å². The Balaban J connectivity index is 2.13. The van der Waals surface area contributed by atoms with Crippen molar-refractivity contribution in [2.75, 3.05) is 45.7 Å². The maximum absolute atomic E-state index is 4.42. The minimum atomic E-state index is 0.491. The van der Waals surface area contributed by atoms with Gasteiger partial charge in [0, 0.05) is 44.8 Å². The number of rotatable bonds is 2. The molecule has 2 heterocycles. The largest absolute Gasteiger partial charge is 0.354 e. The molecule has 0 spiro atoms. The van der Waals surface area contributed by atoms with Crippen molar-refractivity contribution in [1.29, 1.82) is 0 Å². The summed E-state index contributed by atoms with van der Waals surface area (Å²) < 4.78 is 0. The molecule has 0 radical (unpaired) electrons. The van der Waals surface area contributed by atoms with E-state index in [9.17, 15) is 0 Å². The molecule has 1 fully saturated rings. The number of thiazole rings is 1. The molecule has 1 aliphatic heterocycles. The fraction of sp³-hybridized carbons (Fsp3) is 0.700. The summed E-state index contributed by atoms with van der Waals surface area (Å²) in [5.74, 6) is 0. The molecule has 84 valence electrons. The van der Waals surface area contributed by atoms with Gasteiger partial charge in [-0.05, 0) is 7.05 Å². The van der Waals surface area contributed by atoms with E-state index in [-0.39, 0.29) is 0 Å². The van der Waals surface area contributed by atoms with Gasteiger partial charge in [-0.1, -0.05) is 0 Å². The van der Waals surface area contributed by atoms with E-state index in [4.69, 9.17) is 0 Å². The molecule has 0 saturated carbocycles. The lowest BCUT2D eigenvalue weighted by Crippen LogP contribution is -2.43. The number of hydrogen-bond donors (Lipinski definition) is 1. The number of likely N-dealkylation sites (N-methyl/N-ethyl adjacent to an activating group) is 1. The summed E-state index contributed by atoms with van der Waals surface area (Å²) in [7, 11) is 6.25. The molecule has 1 aliphatic rings. The van der Waals surface area contributed by atoms with E-state index in [1.54, 1.807) is 11.3 Å². The lowest BCUT2D eigenvalue weighted by Gasteiger charge is -2.32. The van der Waals surface area contributed by atoms with Gasteiger partial charge >= 0.3 is 0 Å². The van der Waals surface area contributed by atoms with Gasteiger partial charge in [-0.3, -0.25) is 4.90 Å². The lowest BCUT2D eigenvalue weighted by atomic mass is 10.2. The Kier molecular flexibility index (Phi) is 3.23. The van der Waals surface area contributed by atoms with Crippen LogP contribution in [0.4, 0.5) is 5.13 Å². The van der Waals surface area contributed by atoms with E-state index in [1.807, 2.05) is 20.3 Å². The van der Waals surface area contributed by atoms with Crippen molar-refractivity contribution in [3.63, 3.8) is 0 Å². The van der Waals surface area contributed by atoms with Crippen molar-refractivity contribution in [2.45, 2.75) is 6.04 Å². The molecule has 1 unspecified atom stereocenters. The molecular weight excluding hydrogens is 208 g/mol. The standard InChI is InChI=1S/C10H18N4S/c1-13(2)10-12-7-9(15-10)8-6-11-4-5-14(8)3/h7-8,11H,4-6H2,1-3H3. The summed E-state index contributed by atoms with van der Waals surface area (Å²) in [4.78, 5) is 10.2. The highest BCUT2D eigenvalue weighted by Crippen LogP contribution is 2.29.